The first-order valence-electron chi connectivity index (χ1n) is 10.7. The number of nitrogens with zero attached hydrogens (tertiary/aromatic N) is 4. The minimum absolute atomic E-state index is 0.0696. The average molecular weight is 524 g/mol. The first-order valence-corrected chi connectivity index (χ1v) is 11.9. The fourth-order valence-electron chi connectivity index (χ4n) is 4.41. The van der Waals surface area contributed by atoms with Crippen LogP contribution in [0.15, 0.2) is 71.6 Å². The van der Waals surface area contributed by atoms with Crippen LogP contribution in [0, 0.1) is 4.64 Å². The van der Waals surface area contributed by atoms with E-state index in [1.54, 1.807) is 17.1 Å². The summed E-state index contributed by atoms with van der Waals surface area (Å²) in [5.41, 5.74) is 1.34. The summed E-state index contributed by atoms with van der Waals surface area (Å²) in [5, 5.41) is 18.8. The third-order valence-electron chi connectivity index (χ3n) is 6.31. The lowest BCUT2D eigenvalue weighted by molar-refractivity contribution is -0.138. The number of piperidine rings is 1. The number of carbonyl (C=O) groups excluding carboxylic acids is 1. The van der Waals surface area contributed by atoms with E-state index in [1.807, 2.05) is 59.5 Å². The Morgan fingerprint density at radius 1 is 1.12 bits per heavy atom. The molecule has 2 N–H and O–H groups in total. The van der Waals surface area contributed by atoms with Crippen molar-refractivity contribution in [2.24, 2.45) is 0 Å². The van der Waals surface area contributed by atoms with Crippen molar-refractivity contribution in [1.82, 2.24) is 24.6 Å². The highest BCUT2D eigenvalue weighted by Crippen LogP contribution is 2.35. The van der Waals surface area contributed by atoms with Gasteiger partial charge in [-0.2, -0.15) is 5.10 Å². The summed E-state index contributed by atoms with van der Waals surface area (Å²) in [6.45, 7) is 0.896. The summed E-state index contributed by atoms with van der Waals surface area (Å²) in [7, 11) is 0. The number of aromatic nitrogens is 4. The van der Waals surface area contributed by atoms with Crippen molar-refractivity contribution in [2.75, 3.05) is 13.1 Å². The normalized spacial score (nSPS) is 16.6. The highest BCUT2D eigenvalue weighted by molar-refractivity contribution is 9.10. The quantitative estimate of drug-likeness (QED) is 0.388. The van der Waals surface area contributed by atoms with E-state index in [9.17, 15) is 9.90 Å². The van der Waals surface area contributed by atoms with Crippen molar-refractivity contribution < 1.29 is 9.90 Å². The second-order valence-electron chi connectivity index (χ2n) is 8.27. The number of benzene rings is 2. The summed E-state index contributed by atoms with van der Waals surface area (Å²) >= 11 is 9.14. The summed E-state index contributed by atoms with van der Waals surface area (Å²) in [4.78, 5) is 20.1. The fraction of sp³-hybridized carbons (Fsp3) is 0.250. The first-order chi connectivity index (χ1) is 16.0. The van der Waals surface area contributed by atoms with Crippen LogP contribution in [0.2, 0.25) is 0 Å². The monoisotopic (exact) mass is 523 g/mol. The Labute approximate surface area is 204 Å². The molecule has 1 amide bonds. The van der Waals surface area contributed by atoms with E-state index in [0.29, 0.717) is 41.6 Å². The van der Waals surface area contributed by atoms with Crippen molar-refractivity contribution in [1.29, 1.82) is 0 Å². The highest BCUT2D eigenvalue weighted by Gasteiger charge is 2.38. The lowest BCUT2D eigenvalue weighted by Gasteiger charge is -2.40. The number of H-pyrrole nitrogens is 1. The van der Waals surface area contributed by atoms with Crippen LogP contribution in [-0.2, 0) is 10.4 Å². The van der Waals surface area contributed by atoms with Crippen LogP contribution in [0.4, 0.5) is 0 Å². The minimum Gasteiger partial charge on any atom is -0.385 e. The van der Waals surface area contributed by atoms with Crippen LogP contribution in [-0.4, -0.2) is 48.8 Å². The Balaban J connectivity index is 1.45. The maximum atomic E-state index is 13.8. The van der Waals surface area contributed by atoms with Gasteiger partial charge >= 0.3 is 0 Å². The molecule has 4 aromatic rings. The van der Waals surface area contributed by atoms with Crippen molar-refractivity contribution in [2.45, 2.75) is 24.5 Å². The van der Waals surface area contributed by atoms with Crippen molar-refractivity contribution in [3.8, 4) is 0 Å². The zero-order valence-corrected chi connectivity index (χ0v) is 20.1. The first kappa shape index (κ1) is 21.9. The van der Waals surface area contributed by atoms with Crippen LogP contribution >= 0.6 is 28.1 Å². The lowest BCUT2D eigenvalue weighted by Crippen LogP contribution is -2.47. The van der Waals surface area contributed by atoms with Gasteiger partial charge in [-0.15, -0.1) is 0 Å². The average Bonchev–Trinajstić information content (AvgIpc) is 3.32. The number of halogens is 1. The number of fused-ring (bicyclic) bond motifs is 1. The van der Waals surface area contributed by atoms with Crippen molar-refractivity contribution >= 4 is 45.1 Å². The molecule has 0 spiro atoms. The van der Waals surface area contributed by atoms with Crippen LogP contribution in [0.1, 0.15) is 30.0 Å². The molecule has 1 unspecified atom stereocenters. The second-order valence-corrected chi connectivity index (χ2v) is 9.57. The molecule has 0 bridgehead atoms. The Hall–Kier alpha value is -2.88. The Morgan fingerprint density at radius 3 is 2.52 bits per heavy atom. The molecule has 33 heavy (non-hydrogen) atoms. The largest absolute Gasteiger partial charge is 0.385 e. The Bertz CT molecular complexity index is 1340. The predicted molar refractivity (Wildman–Crippen MR) is 131 cm³/mol. The molecular weight excluding hydrogens is 502 g/mol. The van der Waals surface area contributed by atoms with E-state index in [1.165, 1.54) is 0 Å². The third kappa shape index (κ3) is 4.12. The summed E-state index contributed by atoms with van der Waals surface area (Å²) in [5.74, 6) is -0.0696. The van der Waals surface area contributed by atoms with E-state index in [-0.39, 0.29) is 5.91 Å². The van der Waals surface area contributed by atoms with Crippen molar-refractivity contribution in [3.05, 3.63) is 87.4 Å². The van der Waals surface area contributed by atoms with Crippen molar-refractivity contribution in [3.63, 3.8) is 0 Å². The number of aromatic amines is 1. The standard InChI is InChI=1S/C24H22BrN5O2S/c25-18-8-6-17(7-9-18)24(32)10-12-29(13-11-24)22(31)20(16-4-2-1-3-5-16)30-15-26-21-19(23(30)33)14-27-28-21/h1-9,14-15,20,32H,10-13H2,(H,27,28). The number of amides is 1. The molecule has 1 aliphatic heterocycles. The van der Waals surface area contributed by atoms with Gasteiger partial charge in [0.2, 0.25) is 5.91 Å². The number of aliphatic hydroxyl groups is 1. The predicted octanol–water partition coefficient (Wildman–Crippen LogP) is 4.35. The molecule has 2 aromatic heterocycles. The van der Waals surface area contributed by atoms with Crippen LogP contribution in [0.3, 0.4) is 0 Å². The molecule has 3 heterocycles. The van der Waals surface area contributed by atoms with Gasteiger partial charge in [-0.1, -0.05) is 70.6 Å². The number of nitrogens with one attached hydrogen (secondary N) is 1. The molecular formula is C24H22BrN5O2S. The van der Waals surface area contributed by atoms with E-state index in [4.69, 9.17) is 12.2 Å². The minimum atomic E-state index is -0.951. The van der Waals surface area contributed by atoms with Gasteiger partial charge in [0, 0.05) is 17.6 Å². The van der Waals surface area contributed by atoms with E-state index < -0.39 is 11.6 Å². The maximum Gasteiger partial charge on any atom is 0.250 e. The van der Waals surface area contributed by atoms with Crippen LogP contribution in [0.5, 0.6) is 0 Å². The van der Waals surface area contributed by atoms with Gasteiger partial charge in [0.1, 0.15) is 10.7 Å². The zero-order chi connectivity index (χ0) is 23.0. The molecule has 1 fully saturated rings. The summed E-state index contributed by atoms with van der Waals surface area (Å²) < 4.78 is 3.20. The van der Waals surface area contributed by atoms with E-state index in [0.717, 1.165) is 15.6 Å². The molecule has 7 nitrogen and oxygen atoms in total. The van der Waals surface area contributed by atoms with E-state index in [2.05, 4.69) is 31.1 Å². The lowest BCUT2D eigenvalue weighted by atomic mass is 9.84. The molecule has 0 saturated carbocycles. The van der Waals surface area contributed by atoms with Gasteiger partial charge in [0.05, 0.1) is 23.5 Å². The van der Waals surface area contributed by atoms with Gasteiger partial charge in [-0.05, 0) is 36.1 Å². The maximum absolute atomic E-state index is 13.8. The molecule has 1 aliphatic rings. The number of hydrogen-bond donors (Lipinski definition) is 2. The molecule has 1 atom stereocenters. The number of carbonyl (C=O) groups is 1. The highest BCUT2D eigenvalue weighted by atomic mass is 79.9. The molecule has 0 radical (unpaired) electrons. The van der Waals surface area contributed by atoms with Crippen LogP contribution in [0.25, 0.3) is 11.0 Å². The zero-order valence-electron chi connectivity index (χ0n) is 17.7. The number of likely N-dealkylation sites (tertiary alicyclic amines) is 1. The van der Waals surface area contributed by atoms with Gasteiger partial charge in [-0.3, -0.25) is 9.89 Å². The van der Waals surface area contributed by atoms with Crippen LogP contribution < -0.4 is 0 Å². The molecule has 5 rings (SSSR count). The molecule has 1 saturated heterocycles. The number of hydrogen-bond acceptors (Lipinski definition) is 5. The Morgan fingerprint density at radius 2 is 1.82 bits per heavy atom. The van der Waals surface area contributed by atoms with Gasteiger partial charge in [0.15, 0.2) is 5.65 Å². The molecule has 2 aromatic carbocycles. The SMILES string of the molecule is O=C(C(c1ccccc1)n1cnc2[nH]ncc2c1=S)N1CCC(O)(c2ccc(Br)cc2)CC1. The third-order valence-corrected chi connectivity index (χ3v) is 7.27. The molecule has 168 valence electrons. The number of rotatable bonds is 4. The summed E-state index contributed by atoms with van der Waals surface area (Å²) in [6, 6.07) is 16.6. The van der Waals surface area contributed by atoms with E-state index >= 15 is 0 Å². The molecule has 0 aliphatic carbocycles. The topological polar surface area (TPSA) is 87.0 Å². The van der Waals surface area contributed by atoms with Gasteiger partial charge < -0.3 is 14.6 Å². The second kappa shape index (κ2) is 8.81. The Kier molecular flexibility index (Phi) is 5.86. The fourth-order valence-corrected chi connectivity index (χ4v) is 4.97. The molecule has 9 heteroatoms. The van der Waals surface area contributed by atoms with Gasteiger partial charge in [-0.25, -0.2) is 4.98 Å². The smallest absolute Gasteiger partial charge is 0.250 e. The van der Waals surface area contributed by atoms with Gasteiger partial charge in [0.25, 0.3) is 0 Å². The summed E-state index contributed by atoms with van der Waals surface area (Å²) in [6.07, 6.45) is 4.16.